The van der Waals surface area contributed by atoms with Crippen molar-refractivity contribution in [3.05, 3.63) is 65.2 Å². The van der Waals surface area contributed by atoms with Gasteiger partial charge in [0.2, 0.25) is 0 Å². The van der Waals surface area contributed by atoms with E-state index in [4.69, 9.17) is 15.6 Å². The maximum absolute atomic E-state index is 10.8. The molecule has 4 heteroatoms. The molecule has 0 spiro atoms. The highest BCUT2D eigenvalue weighted by Crippen LogP contribution is 2.13. The molecule has 0 aliphatic carbocycles. The molecule has 110 valence electrons. The van der Waals surface area contributed by atoms with E-state index in [0.717, 1.165) is 28.8 Å². The van der Waals surface area contributed by atoms with Gasteiger partial charge in [-0.2, -0.15) is 0 Å². The monoisotopic (exact) mass is 285 g/mol. The van der Waals surface area contributed by atoms with Crippen LogP contribution in [0.4, 0.5) is 5.69 Å². The average molecular weight is 285 g/mol. The smallest absolute Gasteiger partial charge is 0.307 e. The maximum atomic E-state index is 10.8. The first-order chi connectivity index (χ1) is 10.2. The third-order valence-corrected chi connectivity index (χ3v) is 3.29. The van der Waals surface area contributed by atoms with Gasteiger partial charge in [0.25, 0.3) is 0 Å². The van der Waals surface area contributed by atoms with Crippen molar-refractivity contribution in [2.24, 2.45) is 0 Å². The molecule has 0 saturated heterocycles. The highest BCUT2D eigenvalue weighted by molar-refractivity contribution is 5.70. The molecule has 0 radical (unpaired) electrons. The molecule has 0 unspecified atom stereocenters. The highest BCUT2D eigenvalue weighted by Gasteiger charge is 2.06. The summed E-state index contributed by atoms with van der Waals surface area (Å²) in [6.07, 6.45) is 0.763. The van der Waals surface area contributed by atoms with Crippen LogP contribution in [0.3, 0.4) is 0 Å². The first-order valence-electron chi connectivity index (χ1n) is 6.86. The van der Waals surface area contributed by atoms with Crippen molar-refractivity contribution in [3.8, 4) is 0 Å². The van der Waals surface area contributed by atoms with Gasteiger partial charge < -0.3 is 15.6 Å². The van der Waals surface area contributed by atoms with Crippen LogP contribution in [0.15, 0.2) is 48.5 Å². The molecule has 0 heterocycles. The van der Waals surface area contributed by atoms with E-state index in [1.165, 1.54) is 0 Å². The van der Waals surface area contributed by atoms with E-state index in [2.05, 4.69) is 0 Å². The fourth-order valence-electron chi connectivity index (χ4n) is 2.16. The topological polar surface area (TPSA) is 72.5 Å². The number of carboxylic acid groups (broad SMARTS) is 1. The summed E-state index contributed by atoms with van der Waals surface area (Å²) in [7, 11) is 0. The number of ether oxygens (including phenoxy) is 1. The van der Waals surface area contributed by atoms with E-state index >= 15 is 0 Å². The Hall–Kier alpha value is -2.33. The van der Waals surface area contributed by atoms with Crippen LogP contribution in [0.25, 0.3) is 0 Å². The Balaban J connectivity index is 1.86. The predicted octanol–water partition coefficient (Wildman–Crippen LogP) is 2.66. The zero-order valence-electron chi connectivity index (χ0n) is 11.8. The van der Waals surface area contributed by atoms with Crippen LogP contribution < -0.4 is 5.73 Å². The molecule has 4 nitrogen and oxygen atoms in total. The molecule has 0 amide bonds. The van der Waals surface area contributed by atoms with Crippen LogP contribution in [0.2, 0.25) is 0 Å². The Morgan fingerprint density at radius 3 is 2.29 bits per heavy atom. The van der Waals surface area contributed by atoms with E-state index in [1.54, 1.807) is 0 Å². The molecule has 0 bridgehead atoms. The number of nitrogen functional groups attached to an aromatic ring is 1. The van der Waals surface area contributed by atoms with Crippen LogP contribution in [-0.2, 0) is 29.0 Å². The lowest BCUT2D eigenvalue weighted by Gasteiger charge is -2.09. The minimum absolute atomic E-state index is 0.0190. The van der Waals surface area contributed by atoms with Gasteiger partial charge in [-0.25, -0.2) is 0 Å². The number of anilines is 1. The third-order valence-electron chi connectivity index (χ3n) is 3.29. The summed E-state index contributed by atoms with van der Waals surface area (Å²) in [5.41, 5.74) is 9.42. The molecular formula is C17H19NO3. The first kappa shape index (κ1) is 15.1. The van der Waals surface area contributed by atoms with E-state index in [0.29, 0.717) is 13.2 Å². The molecule has 0 aromatic heterocycles. The van der Waals surface area contributed by atoms with Gasteiger partial charge in [0.1, 0.15) is 0 Å². The molecule has 0 aliphatic rings. The summed E-state index contributed by atoms with van der Waals surface area (Å²) in [6.45, 7) is 0.964. The summed E-state index contributed by atoms with van der Waals surface area (Å²) in [4.78, 5) is 10.8. The van der Waals surface area contributed by atoms with Crippen LogP contribution in [0.5, 0.6) is 0 Å². The molecule has 2 rings (SSSR count). The standard InChI is InChI=1S/C17H19NO3/c18-16-8-4-3-5-13(16)9-10-21-12-15-7-2-1-6-14(15)11-17(19)20/h1-8H,9-12,18H2,(H,19,20). The summed E-state index contributed by atoms with van der Waals surface area (Å²) in [6, 6.07) is 15.2. The first-order valence-corrected chi connectivity index (χ1v) is 6.86. The molecule has 2 aromatic rings. The van der Waals surface area contributed by atoms with Crippen molar-refractivity contribution in [1.29, 1.82) is 0 Å². The Morgan fingerprint density at radius 2 is 1.62 bits per heavy atom. The van der Waals surface area contributed by atoms with Crippen LogP contribution in [-0.4, -0.2) is 17.7 Å². The van der Waals surface area contributed by atoms with Gasteiger partial charge in [0.05, 0.1) is 19.6 Å². The van der Waals surface area contributed by atoms with E-state index in [-0.39, 0.29) is 6.42 Å². The van der Waals surface area contributed by atoms with Gasteiger partial charge in [-0.1, -0.05) is 42.5 Å². The van der Waals surface area contributed by atoms with Crippen molar-refractivity contribution < 1.29 is 14.6 Å². The van der Waals surface area contributed by atoms with E-state index in [1.807, 2.05) is 48.5 Å². The molecule has 21 heavy (non-hydrogen) atoms. The molecule has 2 aromatic carbocycles. The molecule has 3 N–H and O–H groups in total. The number of carboxylic acids is 1. The molecule has 0 aliphatic heterocycles. The third kappa shape index (κ3) is 4.61. The fraction of sp³-hybridized carbons (Fsp3) is 0.235. The zero-order chi connectivity index (χ0) is 15.1. The molecule has 0 fully saturated rings. The summed E-state index contributed by atoms with van der Waals surface area (Å²) >= 11 is 0. The number of carbonyl (C=O) groups is 1. The Morgan fingerprint density at radius 1 is 1.00 bits per heavy atom. The minimum atomic E-state index is -0.834. The number of benzene rings is 2. The number of aliphatic carboxylic acids is 1. The SMILES string of the molecule is Nc1ccccc1CCOCc1ccccc1CC(=O)O. The van der Waals surface area contributed by atoms with Crippen molar-refractivity contribution in [2.75, 3.05) is 12.3 Å². The maximum Gasteiger partial charge on any atom is 0.307 e. The van der Waals surface area contributed by atoms with Gasteiger partial charge in [0.15, 0.2) is 0 Å². The second-order valence-electron chi connectivity index (χ2n) is 4.84. The molecular weight excluding hydrogens is 266 g/mol. The molecule has 0 atom stereocenters. The lowest BCUT2D eigenvalue weighted by Crippen LogP contribution is -2.06. The number of hydrogen-bond donors (Lipinski definition) is 2. The minimum Gasteiger partial charge on any atom is -0.481 e. The fourth-order valence-corrected chi connectivity index (χ4v) is 2.16. The highest BCUT2D eigenvalue weighted by atomic mass is 16.5. The average Bonchev–Trinajstić information content (AvgIpc) is 2.46. The quantitative estimate of drug-likeness (QED) is 0.606. The Kier molecular flexibility index (Phi) is 5.35. The number of nitrogens with two attached hydrogens (primary N) is 1. The summed E-state index contributed by atoms with van der Waals surface area (Å²) in [5, 5.41) is 8.89. The number of hydrogen-bond acceptors (Lipinski definition) is 3. The van der Waals surface area contributed by atoms with Gasteiger partial charge in [-0.05, 0) is 29.2 Å². The van der Waals surface area contributed by atoms with Crippen molar-refractivity contribution in [2.45, 2.75) is 19.4 Å². The number of rotatable bonds is 7. The van der Waals surface area contributed by atoms with Gasteiger partial charge >= 0.3 is 5.97 Å². The van der Waals surface area contributed by atoms with E-state index < -0.39 is 5.97 Å². The lowest BCUT2D eigenvalue weighted by molar-refractivity contribution is -0.136. The summed E-state index contributed by atoms with van der Waals surface area (Å²) < 4.78 is 5.65. The zero-order valence-corrected chi connectivity index (χ0v) is 11.8. The van der Waals surface area contributed by atoms with Gasteiger partial charge in [-0.15, -0.1) is 0 Å². The number of para-hydroxylation sites is 1. The van der Waals surface area contributed by atoms with Gasteiger partial charge in [0, 0.05) is 5.69 Å². The second kappa shape index (κ2) is 7.45. The normalized spacial score (nSPS) is 10.5. The second-order valence-corrected chi connectivity index (χ2v) is 4.84. The summed E-state index contributed by atoms with van der Waals surface area (Å²) in [5.74, 6) is -0.834. The Bertz CT molecular complexity index is 610. The van der Waals surface area contributed by atoms with Crippen LogP contribution >= 0.6 is 0 Å². The van der Waals surface area contributed by atoms with Gasteiger partial charge in [-0.3, -0.25) is 4.79 Å². The molecule has 0 saturated carbocycles. The van der Waals surface area contributed by atoms with Crippen molar-refractivity contribution in [3.63, 3.8) is 0 Å². The van der Waals surface area contributed by atoms with Crippen LogP contribution in [0.1, 0.15) is 16.7 Å². The largest absolute Gasteiger partial charge is 0.481 e. The predicted molar refractivity (Wildman–Crippen MR) is 82.0 cm³/mol. The van der Waals surface area contributed by atoms with Crippen molar-refractivity contribution in [1.82, 2.24) is 0 Å². The van der Waals surface area contributed by atoms with E-state index in [9.17, 15) is 4.79 Å². The van der Waals surface area contributed by atoms with Crippen LogP contribution in [0, 0.1) is 0 Å². The Labute approximate surface area is 124 Å². The van der Waals surface area contributed by atoms with Crippen molar-refractivity contribution >= 4 is 11.7 Å². The lowest BCUT2D eigenvalue weighted by atomic mass is 10.1.